The number of benzene rings is 2. The molecule has 0 aliphatic heterocycles. The van der Waals surface area contributed by atoms with Gasteiger partial charge in [-0.05, 0) is 80.7 Å². The van der Waals surface area contributed by atoms with Crippen LogP contribution in [-0.4, -0.2) is 58.9 Å². The fraction of sp³-hybridized carbons (Fsp3) is 0.406. The van der Waals surface area contributed by atoms with Gasteiger partial charge in [0.05, 0.1) is 22.2 Å². The van der Waals surface area contributed by atoms with E-state index in [2.05, 4.69) is 35.8 Å². The smallest absolute Gasteiger partial charge is 0.303 e. The van der Waals surface area contributed by atoms with Gasteiger partial charge in [-0.2, -0.15) is 22.9 Å². The van der Waals surface area contributed by atoms with E-state index >= 15 is 0 Å². The van der Waals surface area contributed by atoms with Crippen molar-refractivity contribution in [2.45, 2.75) is 52.3 Å². The Morgan fingerprint density at radius 2 is 1.86 bits per heavy atom. The van der Waals surface area contributed by atoms with Crippen molar-refractivity contribution >= 4 is 39.4 Å². The molecule has 5 rings (SSSR count). The highest BCUT2D eigenvalue weighted by atomic mass is 35.5. The molecule has 6 nitrogen and oxygen atoms in total. The molecular weight excluding hydrogens is 595 g/mol. The highest BCUT2D eigenvalue weighted by Gasteiger charge is 2.33. The summed E-state index contributed by atoms with van der Waals surface area (Å²) in [5, 5.41) is 4.60. The molecule has 1 aliphatic rings. The Balaban J connectivity index is 1.56. The zero-order valence-electron chi connectivity index (χ0n) is 24.5. The van der Waals surface area contributed by atoms with Crippen molar-refractivity contribution in [3.05, 3.63) is 85.0 Å². The number of likely N-dealkylation sites (N-methyl/N-ethyl adjacent to an activating group) is 2. The number of rotatable bonds is 10. The van der Waals surface area contributed by atoms with Crippen molar-refractivity contribution in [3.8, 4) is 11.4 Å². The van der Waals surface area contributed by atoms with Crippen LogP contribution >= 0.6 is 22.9 Å². The molecule has 1 aliphatic carbocycles. The van der Waals surface area contributed by atoms with Gasteiger partial charge in [-0.1, -0.05) is 49.7 Å². The van der Waals surface area contributed by atoms with Crippen LogP contribution in [0.15, 0.2) is 52.4 Å². The number of aromatic nitrogens is 2. The van der Waals surface area contributed by atoms with Crippen molar-refractivity contribution in [1.82, 2.24) is 19.5 Å². The highest BCUT2D eigenvalue weighted by molar-refractivity contribution is 7.18. The first kappa shape index (κ1) is 31.4. The van der Waals surface area contributed by atoms with E-state index in [-0.39, 0.29) is 11.1 Å². The number of hydrogen-bond donors (Lipinski definition) is 0. The molecule has 0 saturated carbocycles. The van der Waals surface area contributed by atoms with Crippen LogP contribution in [0.1, 0.15) is 53.8 Å². The molecule has 11 heteroatoms. The van der Waals surface area contributed by atoms with E-state index in [1.807, 2.05) is 24.3 Å². The third kappa shape index (κ3) is 7.03. The second kappa shape index (κ2) is 13.3. The fourth-order valence-corrected chi connectivity index (χ4v) is 6.98. The van der Waals surface area contributed by atoms with E-state index in [1.54, 1.807) is 11.3 Å². The van der Waals surface area contributed by atoms with Crippen LogP contribution in [-0.2, 0) is 25.6 Å². The molecular formula is C32H35ClF3N5OS. The van der Waals surface area contributed by atoms with E-state index in [0.717, 1.165) is 69.1 Å². The molecule has 0 fully saturated rings. The second-order valence-corrected chi connectivity index (χ2v) is 12.4. The first-order valence-electron chi connectivity index (χ1n) is 14.6. The maximum Gasteiger partial charge on any atom is 0.417 e. The lowest BCUT2D eigenvalue weighted by molar-refractivity contribution is -0.137. The summed E-state index contributed by atoms with van der Waals surface area (Å²) in [4.78, 5) is 25.5. The predicted molar refractivity (Wildman–Crippen MR) is 170 cm³/mol. The Labute approximate surface area is 258 Å². The summed E-state index contributed by atoms with van der Waals surface area (Å²) in [6, 6.07) is 11.4. The summed E-state index contributed by atoms with van der Waals surface area (Å²) in [6.45, 7) is 8.92. The summed E-state index contributed by atoms with van der Waals surface area (Å²) in [6.07, 6.45) is 0.427. The van der Waals surface area contributed by atoms with Crippen LogP contribution in [0.4, 0.5) is 13.2 Å². The third-order valence-corrected chi connectivity index (χ3v) is 9.43. The van der Waals surface area contributed by atoms with E-state index in [4.69, 9.17) is 16.6 Å². The van der Waals surface area contributed by atoms with E-state index in [0.29, 0.717) is 28.1 Å². The Morgan fingerprint density at radius 1 is 1.09 bits per heavy atom. The highest BCUT2D eigenvalue weighted by Crippen LogP contribution is 2.36. The molecule has 228 valence electrons. The molecule has 0 radical (unpaired) electrons. The van der Waals surface area contributed by atoms with Crippen molar-refractivity contribution < 1.29 is 13.2 Å². The van der Waals surface area contributed by atoms with Crippen LogP contribution in [0.2, 0.25) is 5.02 Å². The topological polar surface area (TPSA) is 53.7 Å². The minimum atomic E-state index is -4.61. The molecule has 0 saturated heterocycles. The third-order valence-electron chi connectivity index (χ3n) is 7.92. The lowest BCUT2D eigenvalue weighted by Crippen LogP contribution is -2.32. The number of nitrogens with zero attached hydrogens (tertiary/aromatic N) is 5. The molecule has 0 spiro atoms. The predicted octanol–water partition coefficient (Wildman–Crippen LogP) is 7.33. The standard InChI is InChI=1S/C32H35ClF3N5OS/c1-4-40(5-2)16-15-39(3)20-22-9-8-10-23(17-22)29-38-30-28(24-11-6-7-12-27(24)43-30)31(42)41(29)37-19-21-13-14-26(33)25(18-21)32(34,35)36/h8-10,13-14,17-19H,4-7,11-12,15-16,20H2,1-3H3/b37-19+. The molecule has 2 aromatic heterocycles. The number of hydrogen-bond acceptors (Lipinski definition) is 6. The maximum absolute atomic E-state index is 14.0. The number of alkyl halides is 3. The van der Waals surface area contributed by atoms with Gasteiger partial charge in [0, 0.05) is 30.1 Å². The number of fused-ring (bicyclic) bond motifs is 3. The number of halogens is 4. The summed E-state index contributed by atoms with van der Waals surface area (Å²) in [5.41, 5.74) is 1.69. The molecule has 43 heavy (non-hydrogen) atoms. The first-order chi connectivity index (χ1) is 20.6. The largest absolute Gasteiger partial charge is 0.417 e. The van der Waals surface area contributed by atoms with Gasteiger partial charge in [-0.15, -0.1) is 11.3 Å². The molecule has 0 amide bonds. The van der Waals surface area contributed by atoms with Gasteiger partial charge in [0.1, 0.15) is 4.83 Å². The zero-order valence-corrected chi connectivity index (χ0v) is 26.1. The molecule has 0 N–H and O–H groups in total. The van der Waals surface area contributed by atoms with Crippen LogP contribution in [0.5, 0.6) is 0 Å². The van der Waals surface area contributed by atoms with Gasteiger partial charge in [0.15, 0.2) is 5.82 Å². The van der Waals surface area contributed by atoms with Crippen LogP contribution in [0.25, 0.3) is 21.6 Å². The Kier molecular flexibility index (Phi) is 9.70. The monoisotopic (exact) mass is 629 g/mol. The molecule has 2 aromatic carbocycles. The second-order valence-electron chi connectivity index (χ2n) is 10.9. The fourth-order valence-electron chi connectivity index (χ4n) is 5.51. The van der Waals surface area contributed by atoms with Crippen molar-refractivity contribution in [2.75, 3.05) is 33.2 Å². The van der Waals surface area contributed by atoms with Gasteiger partial charge in [-0.3, -0.25) is 4.79 Å². The van der Waals surface area contributed by atoms with Crippen LogP contribution in [0, 0.1) is 0 Å². The molecule has 0 atom stereocenters. The van der Waals surface area contributed by atoms with Gasteiger partial charge >= 0.3 is 6.18 Å². The van der Waals surface area contributed by atoms with Crippen molar-refractivity contribution in [3.63, 3.8) is 0 Å². The minimum absolute atomic E-state index is 0.172. The quantitative estimate of drug-likeness (QED) is 0.172. The Bertz CT molecular complexity index is 1690. The first-order valence-corrected chi connectivity index (χ1v) is 15.8. The molecule has 0 unspecified atom stereocenters. The van der Waals surface area contributed by atoms with Gasteiger partial charge in [0.25, 0.3) is 5.56 Å². The van der Waals surface area contributed by atoms with E-state index in [1.165, 1.54) is 27.9 Å². The van der Waals surface area contributed by atoms with E-state index < -0.39 is 16.8 Å². The lowest BCUT2D eigenvalue weighted by atomic mass is 9.97. The summed E-state index contributed by atoms with van der Waals surface area (Å²) in [5.74, 6) is 0.352. The average Bonchev–Trinajstić information content (AvgIpc) is 3.36. The Hall–Kier alpha value is -3.05. The average molecular weight is 630 g/mol. The van der Waals surface area contributed by atoms with Crippen LogP contribution < -0.4 is 5.56 Å². The summed E-state index contributed by atoms with van der Waals surface area (Å²) in [7, 11) is 2.08. The maximum atomic E-state index is 14.0. The molecule has 4 aromatic rings. The zero-order chi connectivity index (χ0) is 30.7. The molecule has 2 heterocycles. The molecule has 0 bridgehead atoms. The summed E-state index contributed by atoms with van der Waals surface area (Å²) >= 11 is 7.37. The minimum Gasteiger partial charge on any atom is -0.303 e. The van der Waals surface area contributed by atoms with Crippen LogP contribution in [0.3, 0.4) is 0 Å². The van der Waals surface area contributed by atoms with Gasteiger partial charge < -0.3 is 9.80 Å². The summed E-state index contributed by atoms with van der Waals surface area (Å²) < 4.78 is 41.7. The van der Waals surface area contributed by atoms with Gasteiger partial charge in [0.2, 0.25) is 0 Å². The number of aryl methyl sites for hydroxylation is 2. The van der Waals surface area contributed by atoms with Crippen molar-refractivity contribution in [1.29, 1.82) is 0 Å². The van der Waals surface area contributed by atoms with Crippen molar-refractivity contribution in [2.24, 2.45) is 5.10 Å². The SMILES string of the molecule is CCN(CC)CCN(C)Cc1cccc(-c2nc3sc4c(c3c(=O)n2/N=C/c2ccc(Cl)c(C(F)(F)F)c2)CCCC4)c1. The lowest BCUT2D eigenvalue weighted by Gasteiger charge is -2.23. The number of thiophene rings is 1. The normalized spacial score (nSPS) is 14.0. The van der Waals surface area contributed by atoms with E-state index in [9.17, 15) is 18.0 Å². The Morgan fingerprint density at radius 3 is 2.60 bits per heavy atom. The van der Waals surface area contributed by atoms with Gasteiger partial charge in [-0.25, -0.2) is 4.98 Å².